The number of alkyl halides is 3. The van der Waals surface area contributed by atoms with Crippen LogP contribution >= 0.6 is 0 Å². The van der Waals surface area contributed by atoms with Crippen LogP contribution in [0.3, 0.4) is 0 Å². The van der Waals surface area contributed by atoms with E-state index in [1.54, 1.807) is 36.2 Å². The summed E-state index contributed by atoms with van der Waals surface area (Å²) in [5, 5.41) is 3.44. The summed E-state index contributed by atoms with van der Waals surface area (Å²) >= 11 is 0. The molecule has 0 aliphatic carbocycles. The van der Waals surface area contributed by atoms with Crippen LogP contribution in [0.1, 0.15) is 35.3 Å². The van der Waals surface area contributed by atoms with E-state index < -0.39 is 23.7 Å². The summed E-state index contributed by atoms with van der Waals surface area (Å²) in [6.45, 7) is 4.70. The number of carbonyl (C=O) groups is 1. The largest absolute Gasteiger partial charge is 0.476 e. The van der Waals surface area contributed by atoms with E-state index in [2.05, 4.69) is 20.3 Å². The van der Waals surface area contributed by atoms with E-state index in [1.165, 1.54) is 6.20 Å². The molecular formula is C29H31F3N6O3. The second kappa shape index (κ2) is 11.3. The van der Waals surface area contributed by atoms with E-state index in [9.17, 15) is 18.0 Å². The molecule has 0 fully saturated rings. The van der Waals surface area contributed by atoms with Crippen molar-refractivity contribution in [1.82, 2.24) is 24.8 Å². The van der Waals surface area contributed by atoms with Gasteiger partial charge in [-0.2, -0.15) is 13.2 Å². The van der Waals surface area contributed by atoms with Gasteiger partial charge in [-0.15, -0.1) is 0 Å². The van der Waals surface area contributed by atoms with Crippen LogP contribution in [0.2, 0.25) is 0 Å². The number of fused-ring (bicyclic) bond motifs is 2. The molecule has 0 bridgehead atoms. The van der Waals surface area contributed by atoms with Crippen molar-refractivity contribution in [3.8, 4) is 17.4 Å². The molecule has 12 heteroatoms. The standard InChI is InChI=1S/C29H31F3N6O3/c1-17-13-23-25(7-9-33-26(23)35-17)41-21-6-5-19-8-10-38(18(2)22(19)15-21)28(39)36-20-14-24(29(30,31)32)27(34-16-20)40-12-11-37(3)4/h5-7,9,13-16,18H,8,10-12H2,1-4H3,(H,33,35)(H,36,39)/t18-/m0/s1. The monoisotopic (exact) mass is 568 g/mol. The average Bonchev–Trinajstić information content (AvgIpc) is 3.30. The highest BCUT2D eigenvalue weighted by Crippen LogP contribution is 2.38. The Kier molecular flexibility index (Phi) is 7.76. The first-order valence-corrected chi connectivity index (χ1v) is 13.2. The van der Waals surface area contributed by atoms with Crippen molar-refractivity contribution in [2.45, 2.75) is 32.5 Å². The SMILES string of the molecule is Cc1cc2c(Oc3ccc4c(c3)[C@H](C)N(C(=O)Nc3cnc(OCCN(C)C)c(C(F)(F)F)c3)CC4)ccnc2[nH]1. The number of amides is 2. The number of urea groups is 1. The summed E-state index contributed by atoms with van der Waals surface area (Å²) in [5.74, 6) is 0.735. The molecule has 4 aromatic rings. The van der Waals surface area contributed by atoms with Crippen molar-refractivity contribution >= 4 is 22.8 Å². The Balaban J connectivity index is 1.32. The van der Waals surface area contributed by atoms with Crippen molar-refractivity contribution in [1.29, 1.82) is 0 Å². The molecule has 0 saturated carbocycles. The number of nitrogens with one attached hydrogen (secondary N) is 2. The molecule has 9 nitrogen and oxygen atoms in total. The number of hydrogen-bond donors (Lipinski definition) is 2. The quantitative estimate of drug-likeness (QED) is 0.277. The lowest BCUT2D eigenvalue weighted by atomic mass is 9.93. The number of aromatic nitrogens is 3. The number of aromatic amines is 1. The van der Waals surface area contributed by atoms with Crippen LogP contribution in [0, 0.1) is 6.92 Å². The van der Waals surface area contributed by atoms with Crippen LogP contribution in [0.25, 0.3) is 11.0 Å². The second-order valence-electron chi connectivity index (χ2n) is 10.3. The minimum Gasteiger partial charge on any atom is -0.476 e. The summed E-state index contributed by atoms with van der Waals surface area (Å²) < 4.78 is 52.7. The molecule has 4 heterocycles. The molecule has 1 atom stereocenters. The third-order valence-corrected chi connectivity index (χ3v) is 6.96. The second-order valence-corrected chi connectivity index (χ2v) is 10.3. The normalized spacial score (nSPS) is 15.2. The summed E-state index contributed by atoms with van der Waals surface area (Å²) in [4.78, 5) is 28.0. The van der Waals surface area contributed by atoms with Gasteiger partial charge in [-0.1, -0.05) is 6.07 Å². The van der Waals surface area contributed by atoms with Crippen LogP contribution in [0.4, 0.5) is 23.7 Å². The smallest absolute Gasteiger partial charge is 0.421 e. The number of pyridine rings is 2. The van der Waals surface area contributed by atoms with Gasteiger partial charge >= 0.3 is 12.2 Å². The van der Waals surface area contributed by atoms with Crippen LogP contribution in [0.15, 0.2) is 48.8 Å². The highest BCUT2D eigenvalue weighted by molar-refractivity contribution is 5.90. The minimum atomic E-state index is -4.70. The molecule has 0 radical (unpaired) electrons. The van der Waals surface area contributed by atoms with Gasteiger partial charge in [0.25, 0.3) is 0 Å². The lowest BCUT2D eigenvalue weighted by molar-refractivity contribution is -0.139. The van der Waals surface area contributed by atoms with Gasteiger partial charge in [0.05, 0.1) is 23.3 Å². The number of halogens is 3. The first kappa shape index (κ1) is 28.2. The lowest BCUT2D eigenvalue weighted by Crippen LogP contribution is -2.41. The molecule has 2 N–H and O–H groups in total. The highest BCUT2D eigenvalue weighted by Gasteiger charge is 2.36. The average molecular weight is 569 g/mol. The predicted octanol–water partition coefficient (Wildman–Crippen LogP) is 6.17. The fraction of sp³-hybridized carbons (Fsp3) is 0.345. The molecule has 1 aliphatic rings. The number of benzene rings is 1. The zero-order valence-electron chi connectivity index (χ0n) is 23.2. The molecule has 5 rings (SSSR count). The maximum atomic E-state index is 13.7. The van der Waals surface area contributed by atoms with E-state index >= 15 is 0 Å². The molecule has 2 amide bonds. The van der Waals surface area contributed by atoms with Crippen LogP contribution < -0.4 is 14.8 Å². The number of anilines is 1. The Morgan fingerprint density at radius 3 is 2.76 bits per heavy atom. The number of H-pyrrole nitrogens is 1. The Bertz CT molecular complexity index is 1570. The molecule has 1 aromatic carbocycles. The zero-order valence-corrected chi connectivity index (χ0v) is 23.2. The number of nitrogens with zero attached hydrogens (tertiary/aromatic N) is 4. The highest BCUT2D eigenvalue weighted by atomic mass is 19.4. The third-order valence-electron chi connectivity index (χ3n) is 6.96. The molecule has 0 spiro atoms. The van der Waals surface area contributed by atoms with E-state index in [4.69, 9.17) is 9.47 Å². The Labute approximate surface area is 235 Å². The van der Waals surface area contributed by atoms with E-state index in [0.29, 0.717) is 31.0 Å². The molecule has 41 heavy (non-hydrogen) atoms. The summed E-state index contributed by atoms with van der Waals surface area (Å²) in [5.41, 5.74) is 2.56. The van der Waals surface area contributed by atoms with Gasteiger partial charge in [0.1, 0.15) is 29.3 Å². The molecule has 1 aliphatic heterocycles. The fourth-order valence-electron chi connectivity index (χ4n) is 4.84. The van der Waals surface area contributed by atoms with Crippen molar-refractivity contribution in [2.75, 3.05) is 39.1 Å². The first-order valence-electron chi connectivity index (χ1n) is 13.2. The zero-order chi connectivity index (χ0) is 29.3. The van der Waals surface area contributed by atoms with Gasteiger partial charge in [-0.25, -0.2) is 14.8 Å². The maximum absolute atomic E-state index is 13.7. The predicted molar refractivity (Wildman–Crippen MR) is 148 cm³/mol. The summed E-state index contributed by atoms with van der Waals surface area (Å²) in [7, 11) is 3.58. The molecule has 216 valence electrons. The number of carbonyl (C=O) groups excluding carboxylic acids is 1. The Morgan fingerprint density at radius 2 is 2.00 bits per heavy atom. The van der Waals surface area contributed by atoms with Crippen LogP contribution in [-0.4, -0.2) is 64.6 Å². The van der Waals surface area contributed by atoms with Crippen molar-refractivity contribution in [2.24, 2.45) is 0 Å². The Morgan fingerprint density at radius 1 is 1.20 bits per heavy atom. The van der Waals surface area contributed by atoms with E-state index in [0.717, 1.165) is 33.9 Å². The van der Waals surface area contributed by atoms with Gasteiger partial charge in [0.15, 0.2) is 0 Å². The van der Waals surface area contributed by atoms with Crippen molar-refractivity contribution in [3.05, 3.63) is 71.2 Å². The third kappa shape index (κ3) is 6.22. The van der Waals surface area contributed by atoms with E-state index in [-0.39, 0.29) is 18.3 Å². The first-order chi connectivity index (χ1) is 19.5. The van der Waals surface area contributed by atoms with Crippen LogP contribution in [-0.2, 0) is 12.6 Å². The number of ether oxygens (including phenoxy) is 2. The number of aryl methyl sites for hydroxylation is 1. The number of hydrogen-bond acceptors (Lipinski definition) is 6. The number of rotatable bonds is 7. The summed E-state index contributed by atoms with van der Waals surface area (Å²) in [6.07, 6.45) is -1.27. The lowest BCUT2D eigenvalue weighted by Gasteiger charge is -2.35. The van der Waals surface area contributed by atoms with Gasteiger partial charge in [-0.05, 0) is 75.8 Å². The van der Waals surface area contributed by atoms with Gasteiger partial charge in [0.2, 0.25) is 5.88 Å². The minimum absolute atomic E-state index is 0.0437. The fourth-order valence-corrected chi connectivity index (χ4v) is 4.84. The van der Waals surface area contributed by atoms with Crippen LogP contribution in [0.5, 0.6) is 17.4 Å². The van der Waals surface area contributed by atoms with Gasteiger partial charge in [0, 0.05) is 25.0 Å². The van der Waals surface area contributed by atoms with Crippen molar-refractivity contribution < 1.29 is 27.4 Å². The molecule has 0 unspecified atom stereocenters. The molecule has 3 aromatic heterocycles. The topological polar surface area (TPSA) is 95.6 Å². The maximum Gasteiger partial charge on any atom is 0.421 e. The van der Waals surface area contributed by atoms with Crippen molar-refractivity contribution in [3.63, 3.8) is 0 Å². The number of likely N-dealkylation sites (N-methyl/N-ethyl adjacent to an activating group) is 1. The van der Waals surface area contributed by atoms with E-state index in [1.807, 2.05) is 38.1 Å². The van der Waals surface area contributed by atoms with Gasteiger partial charge in [-0.3, -0.25) is 0 Å². The molecular weight excluding hydrogens is 537 g/mol. The molecule has 0 saturated heterocycles. The Hall–Kier alpha value is -4.32. The summed E-state index contributed by atoms with van der Waals surface area (Å²) in [6, 6.07) is 9.50. The van der Waals surface area contributed by atoms with Gasteiger partial charge < -0.3 is 29.6 Å².